The summed E-state index contributed by atoms with van der Waals surface area (Å²) in [5.74, 6) is 0.132. The van der Waals surface area contributed by atoms with Gasteiger partial charge in [0.05, 0.1) is 11.6 Å². The first-order valence-corrected chi connectivity index (χ1v) is 6.27. The second-order valence-electron chi connectivity index (χ2n) is 5.03. The molecule has 2 aromatic rings. The number of imidazole rings is 1. The van der Waals surface area contributed by atoms with E-state index in [0.29, 0.717) is 5.52 Å². The van der Waals surface area contributed by atoms with Crippen LogP contribution in [0.15, 0.2) is 23.0 Å². The van der Waals surface area contributed by atoms with Crippen LogP contribution in [0.4, 0.5) is 0 Å². The fourth-order valence-electron chi connectivity index (χ4n) is 2.85. The van der Waals surface area contributed by atoms with Crippen molar-refractivity contribution in [2.45, 2.75) is 18.9 Å². The molecule has 0 bridgehead atoms. The smallest absolute Gasteiger partial charge is 0.326 e. The maximum Gasteiger partial charge on any atom is 0.326 e. The van der Waals surface area contributed by atoms with Crippen LogP contribution in [0.25, 0.3) is 11.0 Å². The fourth-order valence-corrected chi connectivity index (χ4v) is 2.85. The van der Waals surface area contributed by atoms with Gasteiger partial charge in [0.1, 0.15) is 11.3 Å². The summed E-state index contributed by atoms with van der Waals surface area (Å²) in [7, 11) is 2.07. The van der Waals surface area contributed by atoms with Crippen LogP contribution in [0.5, 0.6) is 5.75 Å². The number of para-hydroxylation sites is 1. The van der Waals surface area contributed by atoms with Crippen molar-refractivity contribution in [2.75, 3.05) is 20.1 Å². The molecule has 18 heavy (non-hydrogen) atoms. The maximum atomic E-state index is 12.1. The van der Waals surface area contributed by atoms with Gasteiger partial charge in [-0.05, 0) is 38.6 Å². The van der Waals surface area contributed by atoms with Crippen LogP contribution in [0.1, 0.15) is 18.9 Å². The van der Waals surface area contributed by atoms with Gasteiger partial charge in [0.15, 0.2) is 0 Å². The molecular weight excluding hydrogens is 230 g/mol. The van der Waals surface area contributed by atoms with Crippen molar-refractivity contribution in [3.8, 4) is 5.75 Å². The van der Waals surface area contributed by atoms with Crippen molar-refractivity contribution in [3.63, 3.8) is 0 Å². The second kappa shape index (κ2) is 4.17. The van der Waals surface area contributed by atoms with Gasteiger partial charge >= 0.3 is 5.69 Å². The Morgan fingerprint density at radius 2 is 2.28 bits per heavy atom. The van der Waals surface area contributed by atoms with Crippen molar-refractivity contribution in [3.05, 3.63) is 28.7 Å². The summed E-state index contributed by atoms with van der Waals surface area (Å²) >= 11 is 0. The van der Waals surface area contributed by atoms with E-state index in [1.165, 1.54) is 0 Å². The SMILES string of the molecule is CN1CCCC(n2c(=O)[nH]c3c(O)cccc32)C1. The van der Waals surface area contributed by atoms with Crippen molar-refractivity contribution < 1.29 is 5.11 Å². The summed E-state index contributed by atoms with van der Waals surface area (Å²) in [6.45, 7) is 1.96. The fraction of sp³-hybridized carbons (Fsp3) is 0.462. The Morgan fingerprint density at radius 1 is 1.44 bits per heavy atom. The van der Waals surface area contributed by atoms with E-state index in [-0.39, 0.29) is 17.5 Å². The van der Waals surface area contributed by atoms with Crippen molar-refractivity contribution in [2.24, 2.45) is 0 Å². The van der Waals surface area contributed by atoms with Gasteiger partial charge in [0, 0.05) is 6.54 Å². The van der Waals surface area contributed by atoms with Crippen LogP contribution in [-0.4, -0.2) is 39.7 Å². The lowest BCUT2D eigenvalue weighted by Crippen LogP contribution is -2.36. The Balaban J connectivity index is 2.14. The van der Waals surface area contributed by atoms with E-state index in [9.17, 15) is 9.90 Å². The summed E-state index contributed by atoms with van der Waals surface area (Å²) in [4.78, 5) is 17.1. The highest BCUT2D eigenvalue weighted by Gasteiger charge is 2.22. The third-order valence-corrected chi connectivity index (χ3v) is 3.70. The molecule has 1 unspecified atom stereocenters. The number of fused-ring (bicyclic) bond motifs is 1. The van der Waals surface area contributed by atoms with Crippen LogP contribution >= 0.6 is 0 Å². The molecule has 96 valence electrons. The van der Waals surface area contributed by atoms with E-state index < -0.39 is 0 Å². The molecule has 1 aromatic carbocycles. The van der Waals surface area contributed by atoms with Gasteiger partial charge in [0.2, 0.25) is 0 Å². The topological polar surface area (TPSA) is 61.3 Å². The molecule has 1 saturated heterocycles. The number of nitrogens with one attached hydrogen (secondary N) is 1. The number of rotatable bonds is 1. The monoisotopic (exact) mass is 247 g/mol. The molecule has 1 aromatic heterocycles. The predicted octanol–water partition coefficient (Wildman–Crippen LogP) is 1.30. The summed E-state index contributed by atoms with van der Waals surface area (Å²) in [5, 5.41) is 9.77. The minimum Gasteiger partial charge on any atom is -0.506 e. The number of aromatic hydroxyl groups is 1. The lowest BCUT2D eigenvalue weighted by molar-refractivity contribution is 0.212. The number of likely N-dealkylation sites (tertiary alicyclic amines) is 1. The lowest BCUT2D eigenvalue weighted by atomic mass is 10.1. The minimum atomic E-state index is -0.133. The second-order valence-corrected chi connectivity index (χ2v) is 5.03. The Morgan fingerprint density at radius 3 is 3.06 bits per heavy atom. The van der Waals surface area contributed by atoms with Crippen LogP contribution < -0.4 is 5.69 Å². The Labute approximate surface area is 105 Å². The highest BCUT2D eigenvalue weighted by molar-refractivity contribution is 5.81. The van der Waals surface area contributed by atoms with E-state index >= 15 is 0 Å². The van der Waals surface area contributed by atoms with Crippen LogP contribution in [0.2, 0.25) is 0 Å². The predicted molar refractivity (Wildman–Crippen MR) is 70.0 cm³/mol. The van der Waals surface area contributed by atoms with E-state index in [2.05, 4.69) is 16.9 Å². The number of hydrogen-bond donors (Lipinski definition) is 2. The van der Waals surface area contributed by atoms with Crippen LogP contribution in [0.3, 0.4) is 0 Å². The van der Waals surface area contributed by atoms with Gasteiger partial charge in [0.25, 0.3) is 0 Å². The van der Waals surface area contributed by atoms with E-state index in [1.807, 2.05) is 6.07 Å². The number of aromatic amines is 1. The number of benzene rings is 1. The molecule has 0 spiro atoms. The number of nitrogens with zero attached hydrogens (tertiary/aromatic N) is 2. The van der Waals surface area contributed by atoms with Gasteiger partial charge in [-0.1, -0.05) is 6.07 Å². The van der Waals surface area contributed by atoms with Gasteiger partial charge in [-0.3, -0.25) is 4.57 Å². The first-order chi connectivity index (χ1) is 8.66. The standard InChI is InChI=1S/C13H17N3O2/c1-15-7-3-4-9(8-15)16-10-5-2-6-11(17)12(10)14-13(16)18/h2,5-6,9,17H,3-4,7-8H2,1H3,(H,14,18). The molecule has 0 saturated carbocycles. The molecule has 2 N–H and O–H groups in total. The molecule has 0 aliphatic carbocycles. The Bertz CT molecular complexity index is 629. The molecule has 0 radical (unpaired) electrons. The van der Waals surface area contributed by atoms with Crippen LogP contribution in [-0.2, 0) is 0 Å². The van der Waals surface area contributed by atoms with Gasteiger partial charge in [-0.25, -0.2) is 4.79 Å². The number of likely N-dealkylation sites (N-methyl/N-ethyl adjacent to an activating group) is 1. The van der Waals surface area contributed by atoms with E-state index in [4.69, 9.17) is 0 Å². The minimum absolute atomic E-state index is 0.132. The summed E-state index contributed by atoms with van der Waals surface area (Å²) in [6.07, 6.45) is 2.10. The number of piperidine rings is 1. The number of phenolic OH excluding ortho intramolecular Hbond substituents is 1. The average Bonchev–Trinajstić information content (AvgIpc) is 2.67. The van der Waals surface area contributed by atoms with Crippen molar-refractivity contribution >= 4 is 11.0 Å². The molecule has 1 fully saturated rings. The molecule has 1 atom stereocenters. The normalized spacial score (nSPS) is 21.5. The number of phenols is 1. The highest BCUT2D eigenvalue weighted by Crippen LogP contribution is 2.26. The van der Waals surface area contributed by atoms with Gasteiger partial charge < -0.3 is 15.0 Å². The number of hydrogen-bond acceptors (Lipinski definition) is 3. The van der Waals surface area contributed by atoms with E-state index in [0.717, 1.165) is 31.4 Å². The van der Waals surface area contributed by atoms with Crippen LogP contribution in [0, 0.1) is 0 Å². The third kappa shape index (κ3) is 1.71. The van der Waals surface area contributed by atoms with Crippen molar-refractivity contribution in [1.82, 2.24) is 14.5 Å². The molecule has 1 aliphatic heterocycles. The summed E-state index contributed by atoms with van der Waals surface area (Å²) in [5.41, 5.74) is 1.20. The Hall–Kier alpha value is -1.75. The highest BCUT2D eigenvalue weighted by atomic mass is 16.3. The summed E-state index contributed by atoms with van der Waals surface area (Å²) in [6, 6.07) is 5.43. The quantitative estimate of drug-likeness (QED) is 0.798. The largest absolute Gasteiger partial charge is 0.506 e. The maximum absolute atomic E-state index is 12.1. The third-order valence-electron chi connectivity index (χ3n) is 3.70. The number of H-pyrrole nitrogens is 1. The first kappa shape index (κ1) is 11.3. The molecular formula is C13H17N3O2. The lowest BCUT2D eigenvalue weighted by Gasteiger charge is -2.30. The first-order valence-electron chi connectivity index (χ1n) is 6.27. The molecule has 1 aliphatic rings. The zero-order chi connectivity index (χ0) is 12.7. The van der Waals surface area contributed by atoms with E-state index in [1.54, 1.807) is 16.7 Å². The van der Waals surface area contributed by atoms with Gasteiger partial charge in [-0.2, -0.15) is 0 Å². The molecule has 3 rings (SSSR count). The average molecular weight is 247 g/mol. The number of aromatic nitrogens is 2. The zero-order valence-corrected chi connectivity index (χ0v) is 10.4. The summed E-state index contributed by atoms with van der Waals surface area (Å²) < 4.78 is 1.78. The molecule has 5 nitrogen and oxygen atoms in total. The molecule has 2 heterocycles. The van der Waals surface area contributed by atoms with Crippen molar-refractivity contribution in [1.29, 1.82) is 0 Å². The molecule has 5 heteroatoms. The van der Waals surface area contributed by atoms with Gasteiger partial charge in [-0.15, -0.1) is 0 Å². The Kier molecular flexibility index (Phi) is 2.63. The zero-order valence-electron chi connectivity index (χ0n) is 10.4. The molecule has 0 amide bonds.